The summed E-state index contributed by atoms with van der Waals surface area (Å²) in [6.07, 6.45) is 1.72. The Bertz CT molecular complexity index is 818. The minimum atomic E-state index is 0.286. The maximum absolute atomic E-state index is 8.85. The molecule has 2 heterocycles. The highest BCUT2D eigenvalue weighted by molar-refractivity contribution is 9.10. The van der Waals surface area contributed by atoms with Gasteiger partial charge in [0.1, 0.15) is 11.3 Å². The first-order chi connectivity index (χ1) is 9.72. The molecule has 0 saturated carbocycles. The third kappa shape index (κ3) is 2.17. The fourth-order valence-electron chi connectivity index (χ4n) is 2.03. The van der Waals surface area contributed by atoms with Gasteiger partial charge in [-0.25, -0.2) is 9.97 Å². The first kappa shape index (κ1) is 13.1. The molecule has 3 rings (SSSR count). The molecule has 0 aliphatic carbocycles. The highest BCUT2D eigenvalue weighted by Gasteiger charge is 2.13. The molecule has 0 aliphatic rings. The number of halogens is 2. The molecule has 20 heavy (non-hydrogen) atoms. The van der Waals surface area contributed by atoms with E-state index < -0.39 is 0 Å². The average molecular weight is 348 g/mol. The fourth-order valence-corrected chi connectivity index (χ4v) is 2.53. The highest BCUT2D eigenvalue weighted by atomic mass is 79.9. The molecule has 0 spiro atoms. The van der Waals surface area contributed by atoms with Crippen LogP contribution in [0.2, 0.25) is 0 Å². The molecule has 0 saturated heterocycles. The van der Waals surface area contributed by atoms with Crippen molar-refractivity contribution in [1.82, 2.24) is 14.5 Å². The van der Waals surface area contributed by atoms with Crippen molar-refractivity contribution in [2.45, 2.75) is 5.88 Å². The van der Waals surface area contributed by atoms with Crippen molar-refractivity contribution >= 4 is 38.7 Å². The SMILES string of the molecule is N#Cc1ccc(-n2c(CCl)nc3cc(Br)cnc32)cc1. The van der Waals surface area contributed by atoms with Crippen molar-refractivity contribution in [2.75, 3.05) is 0 Å². The van der Waals surface area contributed by atoms with Crippen molar-refractivity contribution in [3.8, 4) is 11.8 Å². The van der Waals surface area contributed by atoms with Gasteiger partial charge in [0.15, 0.2) is 5.65 Å². The smallest absolute Gasteiger partial charge is 0.164 e. The van der Waals surface area contributed by atoms with Gasteiger partial charge < -0.3 is 0 Å². The van der Waals surface area contributed by atoms with Crippen LogP contribution in [0.3, 0.4) is 0 Å². The van der Waals surface area contributed by atoms with Crippen LogP contribution in [0.5, 0.6) is 0 Å². The molecule has 3 aromatic rings. The van der Waals surface area contributed by atoms with Crippen molar-refractivity contribution < 1.29 is 0 Å². The molecular weight excluding hydrogens is 340 g/mol. The number of nitrogens with zero attached hydrogens (tertiary/aromatic N) is 4. The van der Waals surface area contributed by atoms with Crippen molar-refractivity contribution in [1.29, 1.82) is 5.26 Å². The van der Waals surface area contributed by atoms with E-state index in [0.29, 0.717) is 5.56 Å². The van der Waals surface area contributed by atoms with Gasteiger partial charge in [-0.05, 0) is 46.3 Å². The summed E-state index contributed by atoms with van der Waals surface area (Å²) in [5, 5.41) is 8.85. The number of hydrogen-bond donors (Lipinski definition) is 0. The Morgan fingerprint density at radius 1 is 1.30 bits per heavy atom. The molecule has 0 N–H and O–H groups in total. The number of hydrogen-bond acceptors (Lipinski definition) is 3. The average Bonchev–Trinajstić information content (AvgIpc) is 2.84. The maximum Gasteiger partial charge on any atom is 0.164 e. The van der Waals surface area contributed by atoms with E-state index in [1.165, 1.54) is 0 Å². The van der Waals surface area contributed by atoms with E-state index in [4.69, 9.17) is 16.9 Å². The van der Waals surface area contributed by atoms with Gasteiger partial charge in [0.05, 0.1) is 17.5 Å². The molecule has 0 amide bonds. The Kier molecular flexibility index (Phi) is 3.43. The number of aromatic nitrogens is 3. The summed E-state index contributed by atoms with van der Waals surface area (Å²) in [6.45, 7) is 0. The minimum Gasteiger partial charge on any atom is -0.280 e. The molecule has 0 aliphatic heterocycles. The second-order valence-corrected chi connectivity index (χ2v) is 5.33. The van der Waals surface area contributed by atoms with Crippen LogP contribution in [0.15, 0.2) is 41.0 Å². The zero-order valence-electron chi connectivity index (χ0n) is 10.2. The van der Waals surface area contributed by atoms with Crippen LogP contribution in [0.25, 0.3) is 16.9 Å². The quantitative estimate of drug-likeness (QED) is 0.663. The molecule has 0 atom stereocenters. The van der Waals surface area contributed by atoms with Crippen molar-refractivity contribution in [3.63, 3.8) is 0 Å². The molecule has 2 aromatic heterocycles. The highest BCUT2D eigenvalue weighted by Crippen LogP contribution is 2.23. The predicted molar refractivity (Wildman–Crippen MR) is 80.8 cm³/mol. The lowest BCUT2D eigenvalue weighted by Gasteiger charge is -2.06. The van der Waals surface area contributed by atoms with E-state index in [1.54, 1.807) is 18.3 Å². The number of imidazole rings is 1. The summed E-state index contributed by atoms with van der Waals surface area (Å²) in [5.41, 5.74) is 3.02. The second-order valence-electron chi connectivity index (χ2n) is 4.15. The van der Waals surface area contributed by atoms with Crippen LogP contribution in [0, 0.1) is 11.3 Å². The largest absolute Gasteiger partial charge is 0.280 e. The summed E-state index contributed by atoms with van der Waals surface area (Å²) in [4.78, 5) is 8.88. The molecule has 0 radical (unpaired) electrons. The Morgan fingerprint density at radius 2 is 2.05 bits per heavy atom. The van der Waals surface area contributed by atoms with E-state index >= 15 is 0 Å². The third-order valence-corrected chi connectivity index (χ3v) is 3.58. The van der Waals surface area contributed by atoms with Crippen LogP contribution in [0.4, 0.5) is 0 Å². The molecular formula is C14H8BrClN4. The molecule has 98 valence electrons. The van der Waals surface area contributed by atoms with Crippen LogP contribution >= 0.6 is 27.5 Å². The topological polar surface area (TPSA) is 54.5 Å². The zero-order valence-corrected chi connectivity index (χ0v) is 12.6. The monoisotopic (exact) mass is 346 g/mol. The van der Waals surface area contributed by atoms with Gasteiger partial charge in [0.2, 0.25) is 0 Å². The molecule has 0 fully saturated rings. The van der Waals surface area contributed by atoms with Gasteiger partial charge in [0, 0.05) is 16.4 Å². The summed E-state index contributed by atoms with van der Waals surface area (Å²) in [7, 11) is 0. The first-order valence-electron chi connectivity index (χ1n) is 5.82. The van der Waals surface area contributed by atoms with E-state index in [2.05, 4.69) is 32.0 Å². The van der Waals surface area contributed by atoms with Crippen LogP contribution in [-0.4, -0.2) is 14.5 Å². The van der Waals surface area contributed by atoms with Crippen LogP contribution < -0.4 is 0 Å². The Hall–Kier alpha value is -1.90. The second kappa shape index (κ2) is 5.23. The van der Waals surface area contributed by atoms with Gasteiger partial charge in [-0.15, -0.1) is 11.6 Å². The van der Waals surface area contributed by atoms with E-state index in [-0.39, 0.29) is 5.88 Å². The Morgan fingerprint density at radius 3 is 2.70 bits per heavy atom. The Balaban J connectivity index is 2.25. The fraction of sp³-hybridized carbons (Fsp3) is 0.0714. The summed E-state index contributed by atoms with van der Waals surface area (Å²) < 4.78 is 2.77. The molecule has 1 aromatic carbocycles. The van der Waals surface area contributed by atoms with E-state index in [0.717, 1.165) is 27.1 Å². The van der Waals surface area contributed by atoms with Gasteiger partial charge in [-0.2, -0.15) is 5.26 Å². The van der Waals surface area contributed by atoms with Gasteiger partial charge in [-0.1, -0.05) is 0 Å². The number of fused-ring (bicyclic) bond motifs is 1. The summed E-state index contributed by atoms with van der Waals surface area (Å²) >= 11 is 9.36. The lowest BCUT2D eigenvalue weighted by molar-refractivity contribution is 0.969. The van der Waals surface area contributed by atoms with Gasteiger partial charge in [0.25, 0.3) is 0 Å². The number of benzene rings is 1. The normalized spacial score (nSPS) is 10.7. The van der Waals surface area contributed by atoms with E-state index in [9.17, 15) is 0 Å². The molecule has 4 nitrogen and oxygen atoms in total. The van der Waals surface area contributed by atoms with Crippen molar-refractivity contribution in [2.24, 2.45) is 0 Å². The van der Waals surface area contributed by atoms with E-state index in [1.807, 2.05) is 22.8 Å². The predicted octanol–water partition coefficient (Wildman–Crippen LogP) is 3.79. The number of rotatable bonds is 2. The number of alkyl halides is 1. The lowest BCUT2D eigenvalue weighted by Crippen LogP contribution is -2.00. The zero-order chi connectivity index (χ0) is 14.1. The number of nitriles is 1. The van der Waals surface area contributed by atoms with Crippen LogP contribution in [-0.2, 0) is 5.88 Å². The maximum atomic E-state index is 8.85. The summed E-state index contributed by atoms with van der Waals surface area (Å²) in [5.74, 6) is 1.01. The number of pyridine rings is 1. The van der Waals surface area contributed by atoms with Crippen LogP contribution in [0.1, 0.15) is 11.4 Å². The summed E-state index contributed by atoms with van der Waals surface area (Å²) in [6, 6.07) is 11.2. The standard InChI is InChI=1S/C14H8BrClN4/c15-10-5-12-14(18-8-10)20(13(6-16)19-12)11-3-1-9(7-17)2-4-11/h1-5,8H,6H2. The molecule has 0 bridgehead atoms. The minimum absolute atomic E-state index is 0.286. The van der Waals surface area contributed by atoms with Crippen molar-refractivity contribution in [3.05, 3.63) is 52.4 Å². The molecule has 6 heteroatoms. The molecule has 0 unspecified atom stereocenters. The first-order valence-corrected chi connectivity index (χ1v) is 7.15. The van der Waals surface area contributed by atoms with Gasteiger partial charge >= 0.3 is 0 Å². The third-order valence-electron chi connectivity index (χ3n) is 2.91. The van der Waals surface area contributed by atoms with Gasteiger partial charge in [-0.3, -0.25) is 4.57 Å². The Labute approximate surface area is 128 Å². The lowest BCUT2D eigenvalue weighted by atomic mass is 10.2.